The summed E-state index contributed by atoms with van der Waals surface area (Å²) in [5.41, 5.74) is 2.53. The van der Waals surface area contributed by atoms with Gasteiger partial charge in [0.25, 0.3) is 0 Å². The Morgan fingerprint density at radius 1 is 1.45 bits per heavy atom. The molecular formula is C11H16N4O4S. The van der Waals surface area contributed by atoms with E-state index in [1.807, 2.05) is 7.05 Å². The van der Waals surface area contributed by atoms with E-state index < -0.39 is 17.3 Å². The highest BCUT2D eigenvalue weighted by Crippen LogP contribution is 2.23. The van der Waals surface area contributed by atoms with E-state index in [-0.39, 0.29) is 0 Å². The number of nitrogens with one attached hydrogen (secondary N) is 1. The first-order valence-electron chi connectivity index (χ1n) is 5.59. The number of esters is 1. The van der Waals surface area contributed by atoms with Crippen molar-refractivity contribution in [3.05, 3.63) is 12.4 Å². The van der Waals surface area contributed by atoms with Gasteiger partial charge in [-0.2, -0.15) is 5.10 Å². The Bertz CT molecular complexity index is 514. The Balaban J connectivity index is 2.86. The fourth-order valence-electron chi connectivity index (χ4n) is 1.22. The van der Waals surface area contributed by atoms with Gasteiger partial charge >= 0.3 is 12.1 Å². The van der Waals surface area contributed by atoms with E-state index in [2.05, 4.69) is 20.2 Å². The molecule has 0 bridgehead atoms. The van der Waals surface area contributed by atoms with Crippen molar-refractivity contribution in [2.45, 2.75) is 17.3 Å². The number of ether oxygens (including phenoxy) is 2. The van der Waals surface area contributed by atoms with Crippen LogP contribution in [-0.4, -0.2) is 46.8 Å². The smallest absolute Gasteiger partial charge is 0.427 e. The summed E-state index contributed by atoms with van der Waals surface area (Å²) in [7, 11) is 4.32. The molecule has 1 N–H and O–H groups in total. The second-order valence-electron chi connectivity index (χ2n) is 3.70. The SMILES string of the molecule is COC(=O)N/N=C(/C)C(Sc1nccn1C)C(=O)OC. The van der Waals surface area contributed by atoms with Gasteiger partial charge in [0.2, 0.25) is 0 Å². The summed E-state index contributed by atoms with van der Waals surface area (Å²) in [5.74, 6) is -0.481. The number of hydrogen-bond donors (Lipinski definition) is 1. The summed E-state index contributed by atoms with van der Waals surface area (Å²) >= 11 is 1.18. The van der Waals surface area contributed by atoms with Crippen molar-refractivity contribution < 1.29 is 19.1 Å². The standard InChI is InChI=1S/C11H16N4O4S/c1-7(13-14-11(17)19-4)8(9(16)18-3)20-10-12-5-6-15(10)2/h5-6,8H,1-4H3,(H,14,17)/b13-7-. The van der Waals surface area contributed by atoms with Gasteiger partial charge in [-0.15, -0.1) is 0 Å². The molecule has 0 aliphatic carbocycles. The van der Waals surface area contributed by atoms with Gasteiger partial charge in [0.1, 0.15) is 5.25 Å². The van der Waals surface area contributed by atoms with Crippen LogP contribution in [0.5, 0.6) is 0 Å². The average Bonchev–Trinajstić information content (AvgIpc) is 2.86. The van der Waals surface area contributed by atoms with E-state index in [0.29, 0.717) is 10.9 Å². The number of hydrazone groups is 1. The lowest BCUT2D eigenvalue weighted by atomic mass is 10.3. The first-order valence-corrected chi connectivity index (χ1v) is 6.47. The van der Waals surface area contributed by atoms with Crippen LogP contribution in [0.25, 0.3) is 0 Å². The van der Waals surface area contributed by atoms with Gasteiger partial charge in [-0.1, -0.05) is 11.8 Å². The minimum Gasteiger partial charge on any atom is -0.468 e. The molecule has 0 fully saturated rings. The number of rotatable bonds is 5. The summed E-state index contributed by atoms with van der Waals surface area (Å²) in [4.78, 5) is 26.9. The zero-order valence-electron chi connectivity index (χ0n) is 11.6. The van der Waals surface area contributed by atoms with Crippen molar-refractivity contribution in [2.24, 2.45) is 12.1 Å². The third-order valence-electron chi connectivity index (χ3n) is 2.30. The Hall–Kier alpha value is -2.03. The normalized spacial score (nSPS) is 12.7. The van der Waals surface area contributed by atoms with E-state index in [9.17, 15) is 9.59 Å². The number of imidazole rings is 1. The van der Waals surface area contributed by atoms with E-state index in [1.54, 1.807) is 23.9 Å². The lowest BCUT2D eigenvalue weighted by molar-refractivity contribution is -0.138. The summed E-state index contributed by atoms with van der Waals surface area (Å²) in [5, 5.41) is 3.73. The predicted molar refractivity (Wildman–Crippen MR) is 73.5 cm³/mol. The van der Waals surface area contributed by atoms with E-state index in [4.69, 9.17) is 4.74 Å². The van der Waals surface area contributed by atoms with Crippen molar-refractivity contribution in [1.82, 2.24) is 15.0 Å². The van der Waals surface area contributed by atoms with E-state index in [0.717, 1.165) is 0 Å². The van der Waals surface area contributed by atoms with Gasteiger partial charge in [0.05, 0.1) is 19.9 Å². The summed E-state index contributed by atoms with van der Waals surface area (Å²) in [6.07, 6.45) is 2.67. The molecular weight excluding hydrogens is 284 g/mol. The van der Waals surface area contributed by atoms with Crippen LogP contribution in [0.15, 0.2) is 22.7 Å². The van der Waals surface area contributed by atoms with Crippen LogP contribution in [-0.2, 0) is 21.3 Å². The van der Waals surface area contributed by atoms with Crippen molar-refractivity contribution in [3.8, 4) is 0 Å². The lowest BCUT2D eigenvalue weighted by Gasteiger charge is -2.13. The van der Waals surface area contributed by atoms with Crippen LogP contribution < -0.4 is 5.43 Å². The number of aromatic nitrogens is 2. The number of carbonyl (C=O) groups is 2. The minimum absolute atomic E-state index is 0.371. The molecule has 9 heteroatoms. The zero-order chi connectivity index (χ0) is 15.1. The molecule has 0 aliphatic heterocycles. The maximum atomic E-state index is 11.8. The molecule has 1 aromatic heterocycles. The largest absolute Gasteiger partial charge is 0.468 e. The molecule has 0 saturated heterocycles. The Morgan fingerprint density at radius 3 is 2.65 bits per heavy atom. The number of thioether (sulfide) groups is 1. The summed E-state index contributed by atoms with van der Waals surface area (Å²) in [6, 6.07) is 0. The fraction of sp³-hybridized carbons (Fsp3) is 0.455. The molecule has 1 heterocycles. The maximum absolute atomic E-state index is 11.8. The van der Waals surface area contributed by atoms with Crippen molar-refractivity contribution in [2.75, 3.05) is 14.2 Å². The Morgan fingerprint density at radius 2 is 2.15 bits per heavy atom. The molecule has 0 aliphatic rings. The second kappa shape index (κ2) is 7.53. The van der Waals surface area contributed by atoms with Crippen LogP contribution in [0.4, 0.5) is 4.79 Å². The molecule has 1 atom stereocenters. The highest BCUT2D eigenvalue weighted by Gasteiger charge is 2.26. The van der Waals surface area contributed by atoms with E-state index >= 15 is 0 Å². The Kier molecular flexibility index (Phi) is 6.04. The molecule has 20 heavy (non-hydrogen) atoms. The molecule has 0 saturated carbocycles. The first kappa shape index (κ1) is 16.0. The molecule has 110 valence electrons. The number of aryl methyl sites for hydroxylation is 1. The number of methoxy groups -OCH3 is 2. The number of nitrogens with zero attached hydrogens (tertiary/aromatic N) is 3. The lowest BCUT2D eigenvalue weighted by Crippen LogP contribution is -2.29. The van der Waals surface area contributed by atoms with Crippen molar-refractivity contribution >= 4 is 29.5 Å². The number of hydrogen-bond acceptors (Lipinski definition) is 7. The molecule has 0 spiro atoms. The minimum atomic E-state index is -0.713. The predicted octanol–water partition coefficient (Wildman–Crippen LogP) is 0.786. The van der Waals surface area contributed by atoms with Crippen LogP contribution in [0.3, 0.4) is 0 Å². The van der Waals surface area contributed by atoms with Gasteiger partial charge in [0, 0.05) is 19.4 Å². The maximum Gasteiger partial charge on any atom is 0.427 e. The monoisotopic (exact) mass is 300 g/mol. The van der Waals surface area contributed by atoms with Crippen LogP contribution in [0.2, 0.25) is 0 Å². The van der Waals surface area contributed by atoms with Gasteiger partial charge in [-0.05, 0) is 6.92 Å². The third-order valence-corrected chi connectivity index (χ3v) is 3.68. The highest BCUT2D eigenvalue weighted by atomic mass is 32.2. The third kappa shape index (κ3) is 4.26. The quantitative estimate of drug-likeness (QED) is 0.374. The molecule has 1 amide bonds. The van der Waals surface area contributed by atoms with Gasteiger partial charge in [0.15, 0.2) is 5.16 Å². The molecule has 8 nitrogen and oxygen atoms in total. The molecule has 1 aromatic rings. The van der Waals surface area contributed by atoms with Crippen molar-refractivity contribution in [1.29, 1.82) is 0 Å². The zero-order valence-corrected chi connectivity index (χ0v) is 12.4. The first-order chi connectivity index (χ1) is 9.49. The number of amides is 1. The van der Waals surface area contributed by atoms with Crippen molar-refractivity contribution in [3.63, 3.8) is 0 Å². The summed E-state index contributed by atoms with van der Waals surface area (Å²) in [6.45, 7) is 1.60. The second-order valence-corrected chi connectivity index (χ2v) is 4.77. The molecule has 1 rings (SSSR count). The average molecular weight is 300 g/mol. The van der Waals surface area contributed by atoms with Crippen LogP contribution >= 0.6 is 11.8 Å². The number of carbonyl (C=O) groups excluding carboxylic acids is 2. The van der Waals surface area contributed by atoms with Gasteiger partial charge in [-0.25, -0.2) is 15.2 Å². The summed E-state index contributed by atoms with van der Waals surface area (Å²) < 4.78 is 10.9. The van der Waals surface area contributed by atoms with Crippen LogP contribution in [0, 0.1) is 0 Å². The molecule has 1 unspecified atom stereocenters. The molecule has 0 aromatic carbocycles. The highest BCUT2D eigenvalue weighted by molar-refractivity contribution is 8.01. The van der Waals surface area contributed by atoms with Gasteiger partial charge in [-0.3, -0.25) is 4.79 Å². The fourth-order valence-corrected chi connectivity index (χ4v) is 2.20. The van der Waals surface area contributed by atoms with Crippen LogP contribution in [0.1, 0.15) is 6.92 Å². The molecule has 0 radical (unpaired) electrons. The van der Waals surface area contributed by atoms with E-state index in [1.165, 1.54) is 26.0 Å². The van der Waals surface area contributed by atoms with Gasteiger partial charge < -0.3 is 14.0 Å². The topological polar surface area (TPSA) is 94.8 Å². The Labute approximate surface area is 120 Å².